The normalized spacial score (nSPS) is 17.3. The van der Waals surface area contributed by atoms with Crippen molar-refractivity contribution in [3.05, 3.63) is 42.1 Å². The van der Waals surface area contributed by atoms with Crippen LogP contribution in [0.4, 0.5) is 24.8 Å². The molecule has 4 heterocycles. The van der Waals surface area contributed by atoms with Crippen LogP contribution in [0.1, 0.15) is 28.9 Å². The van der Waals surface area contributed by atoms with Crippen molar-refractivity contribution in [2.24, 2.45) is 0 Å². The van der Waals surface area contributed by atoms with Crippen LogP contribution >= 0.6 is 0 Å². The number of fused-ring (bicyclic) bond motifs is 1. The highest BCUT2D eigenvalue weighted by molar-refractivity contribution is 6.08. The number of anilines is 2. The van der Waals surface area contributed by atoms with E-state index in [1.165, 1.54) is 40.3 Å². The smallest absolute Gasteiger partial charge is 0.344 e. The van der Waals surface area contributed by atoms with Gasteiger partial charge in [0.25, 0.3) is 5.91 Å². The molecular weight excluding hydrogens is 375 g/mol. The number of carbonyl (C=O) groups is 1. The van der Waals surface area contributed by atoms with Crippen LogP contribution in [0.3, 0.4) is 0 Å². The SMILES string of the molecule is Cc1nn2ccc(N3CCC[C@@H]3C(F)(F)F)nc2c1C(=O)Nc1ccncn1. The zero-order chi connectivity index (χ0) is 19.9. The minimum absolute atomic E-state index is 0.0235. The third kappa shape index (κ3) is 3.23. The maximum atomic E-state index is 13.3. The average Bonchev–Trinajstić information content (AvgIpc) is 3.25. The van der Waals surface area contributed by atoms with Crippen molar-refractivity contribution >= 4 is 23.2 Å². The molecule has 1 aliphatic rings. The summed E-state index contributed by atoms with van der Waals surface area (Å²) in [7, 11) is 0. The number of carbonyl (C=O) groups excluding carboxylic acids is 1. The van der Waals surface area contributed by atoms with Crippen LogP contribution in [-0.4, -0.2) is 49.2 Å². The molecule has 3 aromatic heterocycles. The minimum atomic E-state index is -4.34. The average molecular weight is 391 g/mol. The van der Waals surface area contributed by atoms with Crippen LogP contribution < -0.4 is 10.2 Å². The van der Waals surface area contributed by atoms with Crippen LogP contribution in [0.15, 0.2) is 30.9 Å². The summed E-state index contributed by atoms with van der Waals surface area (Å²) in [5, 5.41) is 6.85. The molecule has 146 valence electrons. The van der Waals surface area contributed by atoms with Crippen molar-refractivity contribution in [1.82, 2.24) is 24.6 Å². The van der Waals surface area contributed by atoms with E-state index in [1.54, 1.807) is 6.92 Å². The first-order chi connectivity index (χ1) is 13.3. The molecule has 1 amide bonds. The van der Waals surface area contributed by atoms with Gasteiger partial charge in [0.1, 0.15) is 29.6 Å². The fourth-order valence-corrected chi connectivity index (χ4v) is 3.38. The van der Waals surface area contributed by atoms with Crippen molar-refractivity contribution in [2.45, 2.75) is 32.0 Å². The van der Waals surface area contributed by atoms with Crippen LogP contribution in [0.5, 0.6) is 0 Å². The number of nitrogens with zero attached hydrogens (tertiary/aromatic N) is 6. The summed E-state index contributed by atoms with van der Waals surface area (Å²) in [5.41, 5.74) is 0.780. The lowest BCUT2D eigenvalue weighted by Crippen LogP contribution is -2.41. The summed E-state index contributed by atoms with van der Waals surface area (Å²) in [4.78, 5) is 26.0. The van der Waals surface area contributed by atoms with Crippen molar-refractivity contribution in [1.29, 1.82) is 0 Å². The highest BCUT2D eigenvalue weighted by Gasteiger charge is 2.46. The molecule has 8 nitrogen and oxygen atoms in total. The van der Waals surface area contributed by atoms with Gasteiger partial charge in [0, 0.05) is 18.9 Å². The Bertz CT molecular complexity index is 1020. The predicted molar refractivity (Wildman–Crippen MR) is 94.1 cm³/mol. The topological polar surface area (TPSA) is 88.3 Å². The molecule has 1 aliphatic heterocycles. The van der Waals surface area contributed by atoms with Crippen LogP contribution in [0, 0.1) is 6.92 Å². The largest absolute Gasteiger partial charge is 0.408 e. The van der Waals surface area contributed by atoms with E-state index in [9.17, 15) is 18.0 Å². The molecule has 4 rings (SSSR count). The number of aromatic nitrogens is 5. The Morgan fingerprint density at radius 2 is 2.14 bits per heavy atom. The molecule has 1 atom stereocenters. The summed E-state index contributed by atoms with van der Waals surface area (Å²) in [6.07, 6.45) is 0.393. The van der Waals surface area contributed by atoms with Gasteiger partial charge < -0.3 is 10.2 Å². The number of alkyl halides is 3. The van der Waals surface area contributed by atoms with Crippen molar-refractivity contribution < 1.29 is 18.0 Å². The number of rotatable bonds is 3. The summed E-state index contributed by atoms with van der Waals surface area (Å²) in [6, 6.07) is 1.43. The minimum Gasteiger partial charge on any atom is -0.344 e. The molecule has 1 saturated heterocycles. The second kappa shape index (κ2) is 6.73. The number of amides is 1. The fraction of sp³-hybridized carbons (Fsp3) is 0.353. The van der Waals surface area contributed by atoms with E-state index in [0.29, 0.717) is 17.9 Å². The number of halogens is 3. The Hall–Kier alpha value is -3.24. The quantitative estimate of drug-likeness (QED) is 0.738. The third-order valence-corrected chi connectivity index (χ3v) is 4.62. The van der Waals surface area contributed by atoms with Gasteiger partial charge >= 0.3 is 6.18 Å². The maximum Gasteiger partial charge on any atom is 0.408 e. The molecule has 3 aromatic rings. The zero-order valence-corrected chi connectivity index (χ0v) is 14.8. The van der Waals surface area contributed by atoms with Crippen LogP contribution in [0.25, 0.3) is 5.65 Å². The van der Waals surface area contributed by atoms with E-state index >= 15 is 0 Å². The Balaban J connectivity index is 1.71. The molecular formula is C17H16F3N7O. The van der Waals surface area contributed by atoms with Gasteiger partial charge in [0.05, 0.1) is 5.69 Å². The highest BCUT2D eigenvalue weighted by atomic mass is 19.4. The van der Waals surface area contributed by atoms with Crippen molar-refractivity contribution in [3.63, 3.8) is 0 Å². The molecule has 0 radical (unpaired) electrons. The van der Waals surface area contributed by atoms with Gasteiger partial charge in [-0.25, -0.2) is 19.5 Å². The van der Waals surface area contributed by atoms with Crippen molar-refractivity contribution in [2.75, 3.05) is 16.8 Å². The van der Waals surface area contributed by atoms with Crippen LogP contribution in [0.2, 0.25) is 0 Å². The monoisotopic (exact) mass is 391 g/mol. The predicted octanol–water partition coefficient (Wildman–Crippen LogP) is 2.61. The first kappa shape index (κ1) is 18.1. The second-order valence-electron chi connectivity index (χ2n) is 6.46. The number of hydrogen-bond donors (Lipinski definition) is 1. The molecule has 0 aromatic carbocycles. The summed E-state index contributed by atoms with van der Waals surface area (Å²) >= 11 is 0. The van der Waals surface area contributed by atoms with Crippen molar-refractivity contribution in [3.8, 4) is 0 Å². The van der Waals surface area contributed by atoms with Gasteiger partial charge in [-0.05, 0) is 31.9 Å². The van der Waals surface area contributed by atoms with E-state index in [-0.39, 0.29) is 30.0 Å². The molecule has 1 fully saturated rings. The number of hydrogen-bond acceptors (Lipinski definition) is 6. The summed E-state index contributed by atoms with van der Waals surface area (Å²) < 4.78 is 41.3. The molecule has 0 spiro atoms. The molecule has 1 N–H and O–H groups in total. The standard InChI is InChI=1S/C17H16F3N7O/c1-10-14(16(28)23-12-4-6-21-9-22-12)15-24-13(5-8-27(15)25-10)26-7-2-3-11(26)17(18,19)20/h4-6,8-9,11H,2-3,7H2,1H3,(H,21,22,23,28)/t11-/m1/s1. The highest BCUT2D eigenvalue weighted by Crippen LogP contribution is 2.35. The molecule has 28 heavy (non-hydrogen) atoms. The summed E-state index contributed by atoms with van der Waals surface area (Å²) in [6.45, 7) is 1.89. The second-order valence-corrected chi connectivity index (χ2v) is 6.46. The first-order valence-corrected chi connectivity index (χ1v) is 8.61. The molecule has 0 aliphatic carbocycles. The van der Waals surface area contributed by atoms with E-state index < -0.39 is 18.1 Å². The lowest BCUT2D eigenvalue weighted by Gasteiger charge is -2.27. The third-order valence-electron chi connectivity index (χ3n) is 4.62. The van der Waals surface area contributed by atoms with Gasteiger partial charge in [0.2, 0.25) is 0 Å². The van der Waals surface area contributed by atoms with E-state index in [4.69, 9.17) is 0 Å². The lowest BCUT2D eigenvalue weighted by atomic mass is 10.2. The van der Waals surface area contributed by atoms with Gasteiger partial charge in [-0.3, -0.25) is 4.79 Å². The van der Waals surface area contributed by atoms with Gasteiger partial charge in [0.15, 0.2) is 5.65 Å². The Morgan fingerprint density at radius 1 is 1.32 bits per heavy atom. The van der Waals surface area contributed by atoms with E-state index in [1.807, 2.05) is 0 Å². The van der Waals surface area contributed by atoms with Crippen LogP contribution in [-0.2, 0) is 0 Å². The lowest BCUT2D eigenvalue weighted by molar-refractivity contribution is -0.146. The zero-order valence-electron chi connectivity index (χ0n) is 14.8. The molecule has 0 unspecified atom stereocenters. The molecule has 11 heteroatoms. The molecule has 0 saturated carbocycles. The number of aryl methyl sites for hydroxylation is 1. The van der Waals surface area contributed by atoms with Gasteiger partial charge in [-0.1, -0.05) is 0 Å². The molecule has 0 bridgehead atoms. The first-order valence-electron chi connectivity index (χ1n) is 8.61. The van der Waals surface area contributed by atoms with E-state index in [0.717, 1.165) is 0 Å². The Kier molecular flexibility index (Phi) is 4.36. The fourth-order valence-electron chi connectivity index (χ4n) is 3.38. The maximum absolute atomic E-state index is 13.3. The van der Waals surface area contributed by atoms with Gasteiger partial charge in [-0.2, -0.15) is 18.3 Å². The van der Waals surface area contributed by atoms with E-state index in [2.05, 4.69) is 25.4 Å². The summed E-state index contributed by atoms with van der Waals surface area (Å²) in [5.74, 6) is -0.0282. The Morgan fingerprint density at radius 3 is 2.86 bits per heavy atom. The Labute approximate surface area is 157 Å². The number of nitrogens with one attached hydrogen (secondary N) is 1. The van der Waals surface area contributed by atoms with Gasteiger partial charge in [-0.15, -0.1) is 0 Å².